The molecule has 1 aromatic heterocycles. The third-order valence-corrected chi connectivity index (χ3v) is 7.07. The third kappa shape index (κ3) is 2.49. The molecule has 0 aromatic carbocycles. The highest BCUT2D eigenvalue weighted by molar-refractivity contribution is 8.07. The van der Waals surface area contributed by atoms with Gasteiger partial charge >= 0.3 is 0 Å². The van der Waals surface area contributed by atoms with Gasteiger partial charge in [0.05, 0.1) is 10.1 Å². The van der Waals surface area contributed by atoms with E-state index in [-0.39, 0.29) is 5.25 Å². The van der Waals surface area contributed by atoms with Crippen molar-refractivity contribution in [1.29, 1.82) is 0 Å². The maximum Gasteiger partial charge on any atom is 0.187 e. The maximum absolute atomic E-state index is 12.4. The zero-order chi connectivity index (χ0) is 11.5. The molecule has 0 N–H and O–H groups in total. The average Bonchev–Trinajstić information content (AvgIpc) is 2.74. The van der Waals surface area contributed by atoms with Crippen molar-refractivity contribution in [3.8, 4) is 0 Å². The lowest BCUT2D eigenvalue weighted by Crippen LogP contribution is -2.32. The summed E-state index contributed by atoms with van der Waals surface area (Å²) in [5.41, 5.74) is 1.14. The summed E-state index contributed by atoms with van der Waals surface area (Å²) in [5, 5.41) is 2.71. The lowest BCUT2D eigenvalue weighted by molar-refractivity contribution is 0.0991. The van der Waals surface area contributed by atoms with E-state index in [2.05, 4.69) is 6.92 Å². The summed E-state index contributed by atoms with van der Waals surface area (Å²) in [7, 11) is 0. The Kier molecular flexibility index (Phi) is 4.39. The molecular formula is C12H16OS3. The van der Waals surface area contributed by atoms with Crippen LogP contribution in [0, 0.1) is 6.92 Å². The normalized spacial score (nSPS) is 25.6. The summed E-state index contributed by atoms with van der Waals surface area (Å²) in [6.45, 7) is 4.22. The molecule has 1 aromatic rings. The third-order valence-electron chi connectivity index (χ3n) is 2.80. The molecule has 1 aliphatic rings. The molecule has 2 heterocycles. The zero-order valence-corrected chi connectivity index (χ0v) is 12.0. The molecule has 1 fully saturated rings. The molecule has 1 aliphatic heterocycles. The minimum atomic E-state index is 0.182. The topological polar surface area (TPSA) is 17.1 Å². The number of carbonyl (C=O) groups excluding carboxylic acids is 1. The summed E-state index contributed by atoms with van der Waals surface area (Å²) in [5.74, 6) is 2.66. The van der Waals surface area contributed by atoms with Crippen molar-refractivity contribution in [3.63, 3.8) is 0 Å². The Morgan fingerprint density at radius 2 is 2.19 bits per heavy atom. The molecule has 0 saturated carbocycles. The second kappa shape index (κ2) is 5.61. The molecule has 16 heavy (non-hydrogen) atoms. The number of ketones is 1. The molecule has 1 saturated heterocycles. The first-order chi connectivity index (χ1) is 7.74. The quantitative estimate of drug-likeness (QED) is 0.778. The molecule has 2 atom stereocenters. The Balaban J connectivity index is 2.17. The molecule has 0 aliphatic carbocycles. The molecule has 2 rings (SSSR count). The van der Waals surface area contributed by atoms with E-state index in [9.17, 15) is 4.79 Å². The fraction of sp³-hybridized carbons (Fsp3) is 0.583. The summed E-state index contributed by atoms with van der Waals surface area (Å²) in [6.07, 6.45) is 1.10. The minimum absolute atomic E-state index is 0.182. The van der Waals surface area contributed by atoms with Crippen molar-refractivity contribution < 1.29 is 4.79 Å². The number of Topliss-reactive ketones (excluding diaryl/α,β-unsaturated/α-hetero) is 1. The van der Waals surface area contributed by atoms with Crippen molar-refractivity contribution in [3.05, 3.63) is 21.9 Å². The van der Waals surface area contributed by atoms with Gasteiger partial charge in [-0.1, -0.05) is 6.92 Å². The van der Waals surface area contributed by atoms with Crippen molar-refractivity contribution >= 4 is 40.6 Å². The van der Waals surface area contributed by atoms with Gasteiger partial charge in [-0.2, -0.15) is 11.8 Å². The van der Waals surface area contributed by atoms with Crippen LogP contribution in [0.25, 0.3) is 0 Å². The van der Waals surface area contributed by atoms with Crippen LogP contribution in [0.1, 0.15) is 28.6 Å². The van der Waals surface area contributed by atoms with Crippen LogP contribution in [0.5, 0.6) is 0 Å². The summed E-state index contributed by atoms with van der Waals surface area (Å²) >= 11 is 5.40. The predicted octanol–water partition coefficient (Wildman–Crippen LogP) is 3.87. The van der Waals surface area contributed by atoms with Gasteiger partial charge in [0.2, 0.25) is 0 Å². The first-order valence-electron chi connectivity index (χ1n) is 5.55. The number of thioether (sulfide) groups is 2. The van der Waals surface area contributed by atoms with Gasteiger partial charge in [-0.05, 0) is 30.4 Å². The van der Waals surface area contributed by atoms with Gasteiger partial charge in [0.15, 0.2) is 5.78 Å². The van der Waals surface area contributed by atoms with Gasteiger partial charge in [-0.3, -0.25) is 4.79 Å². The van der Waals surface area contributed by atoms with E-state index >= 15 is 0 Å². The molecule has 2 unspecified atom stereocenters. The summed E-state index contributed by atoms with van der Waals surface area (Å²) in [6, 6.07) is 2.04. The zero-order valence-electron chi connectivity index (χ0n) is 9.56. The van der Waals surface area contributed by atoms with E-state index in [4.69, 9.17) is 0 Å². The van der Waals surface area contributed by atoms with E-state index < -0.39 is 0 Å². The van der Waals surface area contributed by atoms with Gasteiger partial charge in [0.25, 0.3) is 0 Å². The lowest BCUT2D eigenvalue weighted by atomic mass is 10.1. The van der Waals surface area contributed by atoms with Crippen LogP contribution >= 0.6 is 34.9 Å². The highest BCUT2D eigenvalue weighted by Gasteiger charge is 2.32. The highest BCUT2D eigenvalue weighted by atomic mass is 32.2. The second-order valence-corrected chi connectivity index (χ2v) is 7.42. The number of carbonyl (C=O) groups is 1. The number of hydrogen-bond donors (Lipinski definition) is 0. The SMILES string of the molecule is CCC1SCCSC1C(=O)c1sccc1C. The Morgan fingerprint density at radius 3 is 2.81 bits per heavy atom. The molecule has 1 nitrogen and oxygen atoms in total. The monoisotopic (exact) mass is 272 g/mol. The number of thiophene rings is 1. The molecular weight excluding hydrogens is 256 g/mol. The van der Waals surface area contributed by atoms with Gasteiger partial charge < -0.3 is 0 Å². The first-order valence-corrected chi connectivity index (χ1v) is 8.53. The predicted molar refractivity (Wildman–Crippen MR) is 76.2 cm³/mol. The molecule has 0 spiro atoms. The minimum Gasteiger partial charge on any atom is -0.292 e. The van der Waals surface area contributed by atoms with E-state index in [0.29, 0.717) is 11.0 Å². The molecule has 0 radical (unpaired) electrons. The summed E-state index contributed by atoms with van der Waals surface area (Å²) in [4.78, 5) is 13.4. The van der Waals surface area contributed by atoms with Crippen molar-refractivity contribution in [2.45, 2.75) is 30.8 Å². The molecule has 88 valence electrons. The summed E-state index contributed by atoms with van der Waals surface area (Å²) < 4.78 is 0. The number of rotatable bonds is 3. The van der Waals surface area contributed by atoms with Crippen molar-refractivity contribution in [2.75, 3.05) is 11.5 Å². The van der Waals surface area contributed by atoms with E-state index in [1.807, 2.05) is 41.9 Å². The van der Waals surface area contributed by atoms with E-state index in [1.165, 1.54) is 5.75 Å². The number of hydrogen-bond acceptors (Lipinski definition) is 4. The van der Waals surface area contributed by atoms with Crippen LogP contribution in [0.15, 0.2) is 11.4 Å². The Bertz CT molecular complexity index is 372. The van der Waals surface area contributed by atoms with Crippen molar-refractivity contribution in [2.24, 2.45) is 0 Å². The lowest BCUT2D eigenvalue weighted by Gasteiger charge is -2.28. The Hall–Kier alpha value is 0.0700. The fourth-order valence-electron chi connectivity index (χ4n) is 1.90. The Labute approximate surface area is 109 Å². The second-order valence-electron chi connectivity index (χ2n) is 3.91. The van der Waals surface area contributed by atoms with Crippen LogP contribution in [0.2, 0.25) is 0 Å². The Morgan fingerprint density at radius 1 is 1.44 bits per heavy atom. The number of aryl methyl sites for hydroxylation is 1. The van der Waals surface area contributed by atoms with Crippen LogP contribution in [-0.4, -0.2) is 27.8 Å². The first kappa shape index (κ1) is 12.5. The van der Waals surface area contributed by atoms with Gasteiger partial charge in [-0.15, -0.1) is 23.1 Å². The smallest absolute Gasteiger partial charge is 0.187 e. The maximum atomic E-state index is 12.4. The van der Waals surface area contributed by atoms with Crippen LogP contribution in [-0.2, 0) is 0 Å². The molecule has 4 heteroatoms. The van der Waals surface area contributed by atoms with E-state index in [1.54, 1.807) is 11.3 Å². The average molecular weight is 272 g/mol. The molecule has 0 amide bonds. The standard InChI is InChI=1S/C12H16OS3/c1-3-9-12(16-7-6-14-9)10(13)11-8(2)4-5-15-11/h4-5,9,12H,3,6-7H2,1-2H3. The van der Waals surface area contributed by atoms with Crippen molar-refractivity contribution in [1.82, 2.24) is 0 Å². The van der Waals surface area contributed by atoms with Crippen LogP contribution in [0.3, 0.4) is 0 Å². The van der Waals surface area contributed by atoms with Crippen LogP contribution < -0.4 is 0 Å². The highest BCUT2D eigenvalue weighted by Crippen LogP contribution is 2.36. The van der Waals surface area contributed by atoms with Crippen LogP contribution in [0.4, 0.5) is 0 Å². The van der Waals surface area contributed by atoms with Gasteiger partial charge in [0, 0.05) is 16.8 Å². The van der Waals surface area contributed by atoms with E-state index in [0.717, 1.165) is 22.6 Å². The molecule has 0 bridgehead atoms. The van der Waals surface area contributed by atoms with Gasteiger partial charge in [0.1, 0.15) is 0 Å². The van der Waals surface area contributed by atoms with Gasteiger partial charge in [-0.25, -0.2) is 0 Å². The largest absolute Gasteiger partial charge is 0.292 e. The fourth-order valence-corrected chi connectivity index (χ4v) is 5.89.